The number of nitrogens with two attached hydrogens (primary N) is 1. The third kappa shape index (κ3) is 2.04. The normalized spacial score (nSPS) is 10.7. The number of nitrogen functional groups attached to an aromatic ring is 1. The summed E-state index contributed by atoms with van der Waals surface area (Å²) >= 11 is 5.05. The number of nitrogens with zero attached hydrogens (tertiary/aromatic N) is 2. The van der Waals surface area contributed by atoms with Gasteiger partial charge in [-0.15, -0.1) is 11.3 Å². The molecule has 0 spiro atoms. The van der Waals surface area contributed by atoms with Crippen LogP contribution in [-0.2, 0) is 0 Å². The molecule has 3 N–H and O–H groups in total. The Morgan fingerprint density at radius 1 is 1.28 bits per heavy atom. The minimum absolute atomic E-state index is 0.605. The monoisotopic (exact) mass is 320 g/mol. The Kier molecular flexibility index (Phi) is 2.89. The molecule has 0 aliphatic heterocycles. The number of rotatable bonds is 2. The van der Waals surface area contributed by atoms with Crippen LogP contribution in [0.1, 0.15) is 0 Å². The molecule has 3 aromatic rings. The first kappa shape index (κ1) is 11.4. The molecule has 0 amide bonds. The van der Waals surface area contributed by atoms with E-state index in [1.165, 1.54) is 0 Å². The second-order valence-corrected chi connectivity index (χ2v) is 5.49. The molecule has 0 fully saturated rings. The molecule has 0 unspecified atom stereocenters. The van der Waals surface area contributed by atoms with E-state index in [1.54, 1.807) is 23.7 Å². The van der Waals surface area contributed by atoms with Crippen LogP contribution in [0.25, 0.3) is 10.2 Å². The highest BCUT2D eigenvalue weighted by Crippen LogP contribution is 2.31. The van der Waals surface area contributed by atoms with Gasteiger partial charge in [0.15, 0.2) is 0 Å². The van der Waals surface area contributed by atoms with Crippen molar-refractivity contribution in [3.8, 4) is 0 Å². The van der Waals surface area contributed by atoms with Crippen LogP contribution in [0, 0.1) is 0 Å². The van der Waals surface area contributed by atoms with Crippen LogP contribution in [-0.4, -0.2) is 9.97 Å². The molecule has 0 bridgehead atoms. The highest BCUT2D eigenvalue weighted by Gasteiger charge is 2.06. The van der Waals surface area contributed by atoms with E-state index in [0.717, 1.165) is 26.1 Å². The van der Waals surface area contributed by atoms with Gasteiger partial charge < -0.3 is 11.1 Å². The third-order valence-electron chi connectivity index (χ3n) is 2.53. The van der Waals surface area contributed by atoms with Gasteiger partial charge in [-0.3, -0.25) is 4.98 Å². The highest BCUT2D eigenvalue weighted by atomic mass is 79.9. The Balaban J connectivity index is 2.00. The molecule has 3 rings (SSSR count). The maximum atomic E-state index is 5.90. The fourth-order valence-electron chi connectivity index (χ4n) is 1.66. The number of pyridine rings is 1. The Morgan fingerprint density at radius 2 is 2.17 bits per heavy atom. The lowest BCUT2D eigenvalue weighted by Gasteiger charge is -2.10. The van der Waals surface area contributed by atoms with Crippen LogP contribution in [0.5, 0.6) is 0 Å². The molecule has 4 nitrogen and oxygen atoms in total. The molecule has 90 valence electrons. The zero-order valence-corrected chi connectivity index (χ0v) is 11.6. The number of benzene rings is 1. The molecule has 2 heterocycles. The van der Waals surface area contributed by atoms with E-state index >= 15 is 0 Å². The number of anilines is 3. The first-order valence-corrected chi connectivity index (χ1v) is 6.90. The summed E-state index contributed by atoms with van der Waals surface area (Å²) < 4.78 is 1.98. The Morgan fingerprint density at radius 3 is 3.00 bits per heavy atom. The molecule has 1 aromatic carbocycles. The quantitative estimate of drug-likeness (QED) is 0.754. The fourth-order valence-corrected chi connectivity index (χ4v) is 2.82. The number of halogens is 1. The number of fused-ring (bicyclic) bond motifs is 1. The van der Waals surface area contributed by atoms with Crippen molar-refractivity contribution in [2.24, 2.45) is 0 Å². The lowest BCUT2D eigenvalue weighted by molar-refractivity contribution is 1.31. The summed E-state index contributed by atoms with van der Waals surface area (Å²) in [7, 11) is 0. The first-order chi connectivity index (χ1) is 8.74. The maximum Gasteiger partial charge on any atom is 0.0813 e. The second kappa shape index (κ2) is 4.55. The molecule has 0 atom stereocenters. The van der Waals surface area contributed by atoms with Gasteiger partial charge in [0.05, 0.1) is 37.8 Å². The van der Waals surface area contributed by atoms with Crippen LogP contribution in [0.4, 0.5) is 17.1 Å². The third-order valence-corrected chi connectivity index (χ3v) is 3.92. The Labute approximate surface area is 116 Å². The zero-order chi connectivity index (χ0) is 12.5. The fraction of sp³-hybridized carbons (Fsp3) is 0. The van der Waals surface area contributed by atoms with E-state index in [4.69, 9.17) is 5.73 Å². The van der Waals surface area contributed by atoms with E-state index < -0.39 is 0 Å². The molecule has 0 saturated heterocycles. The van der Waals surface area contributed by atoms with Crippen LogP contribution in [0.3, 0.4) is 0 Å². The van der Waals surface area contributed by atoms with Gasteiger partial charge in [0, 0.05) is 11.9 Å². The first-order valence-electron chi connectivity index (χ1n) is 5.23. The van der Waals surface area contributed by atoms with Crippen molar-refractivity contribution in [2.45, 2.75) is 0 Å². The zero-order valence-electron chi connectivity index (χ0n) is 9.22. The number of aromatic nitrogens is 2. The number of thiazole rings is 1. The SMILES string of the molecule is Nc1cncc(Br)c1Nc1ccc2ncsc2c1. The molecule has 0 saturated carbocycles. The van der Waals surface area contributed by atoms with Gasteiger partial charge in [0.1, 0.15) is 0 Å². The van der Waals surface area contributed by atoms with Crippen molar-refractivity contribution in [3.63, 3.8) is 0 Å². The molecular formula is C12H9BrN4S. The molecule has 18 heavy (non-hydrogen) atoms. The van der Waals surface area contributed by atoms with E-state index in [1.807, 2.05) is 17.6 Å². The predicted molar refractivity (Wildman–Crippen MR) is 79.3 cm³/mol. The minimum Gasteiger partial charge on any atom is -0.396 e. The van der Waals surface area contributed by atoms with Crippen LogP contribution in [0.15, 0.2) is 40.6 Å². The van der Waals surface area contributed by atoms with Gasteiger partial charge in [-0.05, 0) is 34.1 Å². The Bertz CT molecular complexity index is 690. The number of nitrogens with one attached hydrogen (secondary N) is 1. The van der Waals surface area contributed by atoms with Crippen molar-refractivity contribution >= 4 is 54.5 Å². The van der Waals surface area contributed by atoms with Crippen molar-refractivity contribution in [2.75, 3.05) is 11.1 Å². The highest BCUT2D eigenvalue weighted by molar-refractivity contribution is 9.10. The summed E-state index contributed by atoms with van der Waals surface area (Å²) in [6.45, 7) is 0. The molecule has 2 aromatic heterocycles. The molecule has 0 aliphatic rings. The van der Waals surface area contributed by atoms with Gasteiger partial charge in [-0.1, -0.05) is 0 Å². The van der Waals surface area contributed by atoms with E-state index in [9.17, 15) is 0 Å². The Hall–Kier alpha value is -1.66. The summed E-state index contributed by atoms with van der Waals surface area (Å²) in [6, 6.07) is 6.02. The standard InChI is InChI=1S/C12H9BrN4S/c13-8-4-15-5-9(14)12(8)17-7-1-2-10-11(3-7)18-6-16-10/h1-6H,14H2,(H,15,17). The van der Waals surface area contributed by atoms with Crippen molar-refractivity contribution in [1.82, 2.24) is 9.97 Å². The van der Waals surface area contributed by atoms with Crippen molar-refractivity contribution in [3.05, 3.63) is 40.6 Å². The summed E-state index contributed by atoms with van der Waals surface area (Å²) in [5.74, 6) is 0. The van der Waals surface area contributed by atoms with Crippen LogP contribution >= 0.6 is 27.3 Å². The smallest absolute Gasteiger partial charge is 0.0813 e. The van der Waals surface area contributed by atoms with E-state index in [2.05, 4.69) is 37.3 Å². The van der Waals surface area contributed by atoms with Gasteiger partial charge in [-0.25, -0.2) is 4.98 Å². The van der Waals surface area contributed by atoms with Crippen LogP contribution < -0.4 is 11.1 Å². The van der Waals surface area contributed by atoms with Crippen molar-refractivity contribution in [1.29, 1.82) is 0 Å². The topological polar surface area (TPSA) is 63.8 Å². The number of hydrogen-bond donors (Lipinski definition) is 2. The lowest BCUT2D eigenvalue weighted by Crippen LogP contribution is -1.98. The maximum absolute atomic E-state index is 5.90. The van der Waals surface area contributed by atoms with Gasteiger partial charge in [0.2, 0.25) is 0 Å². The molecular weight excluding hydrogens is 312 g/mol. The van der Waals surface area contributed by atoms with Gasteiger partial charge in [-0.2, -0.15) is 0 Å². The lowest BCUT2D eigenvalue weighted by atomic mass is 10.2. The van der Waals surface area contributed by atoms with E-state index in [0.29, 0.717) is 5.69 Å². The van der Waals surface area contributed by atoms with Gasteiger partial charge >= 0.3 is 0 Å². The molecule has 0 aliphatic carbocycles. The summed E-state index contributed by atoms with van der Waals surface area (Å²) in [5.41, 5.74) is 11.2. The summed E-state index contributed by atoms with van der Waals surface area (Å²) in [4.78, 5) is 8.26. The average molecular weight is 321 g/mol. The largest absolute Gasteiger partial charge is 0.396 e. The van der Waals surface area contributed by atoms with Gasteiger partial charge in [0.25, 0.3) is 0 Å². The number of hydrogen-bond acceptors (Lipinski definition) is 5. The summed E-state index contributed by atoms with van der Waals surface area (Å²) in [5, 5.41) is 3.29. The average Bonchev–Trinajstić information content (AvgIpc) is 2.81. The van der Waals surface area contributed by atoms with Crippen LogP contribution in [0.2, 0.25) is 0 Å². The van der Waals surface area contributed by atoms with Crippen molar-refractivity contribution < 1.29 is 0 Å². The predicted octanol–water partition coefficient (Wildman–Crippen LogP) is 3.78. The second-order valence-electron chi connectivity index (χ2n) is 3.75. The molecule has 6 heteroatoms. The van der Waals surface area contributed by atoms with E-state index in [-0.39, 0.29) is 0 Å². The summed E-state index contributed by atoms with van der Waals surface area (Å²) in [6.07, 6.45) is 3.34. The minimum atomic E-state index is 0.605. The molecule has 0 radical (unpaired) electrons.